The molecule has 1 aliphatic carbocycles. The van der Waals surface area contributed by atoms with Crippen molar-refractivity contribution in [1.82, 2.24) is 15.6 Å². The summed E-state index contributed by atoms with van der Waals surface area (Å²) < 4.78 is 5.86. The van der Waals surface area contributed by atoms with E-state index in [2.05, 4.69) is 15.6 Å². The zero-order valence-electron chi connectivity index (χ0n) is 14.5. The average molecular weight is 350 g/mol. The molecule has 0 atom stereocenters. The zero-order valence-corrected chi connectivity index (χ0v) is 14.5. The molecule has 1 heterocycles. The number of nitrogens with zero attached hydrogens (tertiary/aromatic N) is 2. The molecule has 134 valence electrons. The van der Waals surface area contributed by atoms with Gasteiger partial charge in [-0.1, -0.05) is 30.3 Å². The number of ether oxygens (including phenoxy) is 1. The van der Waals surface area contributed by atoms with Crippen LogP contribution in [0, 0.1) is 11.3 Å². The molecular weight excluding hydrogens is 328 g/mol. The summed E-state index contributed by atoms with van der Waals surface area (Å²) in [6, 6.07) is 15.3. The van der Waals surface area contributed by atoms with Crippen molar-refractivity contribution in [2.24, 2.45) is 0 Å². The highest BCUT2D eigenvalue weighted by atomic mass is 16.5. The number of hydrogen-bond donors (Lipinski definition) is 2. The topological polar surface area (TPSA) is 87.0 Å². The Hall–Kier alpha value is -3.07. The van der Waals surface area contributed by atoms with Gasteiger partial charge in [-0.2, -0.15) is 5.26 Å². The Morgan fingerprint density at radius 1 is 1.15 bits per heavy atom. The van der Waals surface area contributed by atoms with Crippen molar-refractivity contribution in [3.8, 4) is 11.9 Å². The van der Waals surface area contributed by atoms with Gasteiger partial charge in [-0.05, 0) is 37.3 Å². The monoisotopic (exact) mass is 350 g/mol. The van der Waals surface area contributed by atoms with Gasteiger partial charge in [0, 0.05) is 24.8 Å². The summed E-state index contributed by atoms with van der Waals surface area (Å²) in [5.41, 5.74) is 1.60. The third-order valence-electron chi connectivity index (χ3n) is 4.46. The highest BCUT2D eigenvalue weighted by molar-refractivity contribution is 5.74. The molecule has 0 unspecified atom stereocenters. The van der Waals surface area contributed by atoms with E-state index in [0.29, 0.717) is 18.0 Å². The first-order valence-electron chi connectivity index (χ1n) is 8.84. The maximum Gasteiger partial charge on any atom is 0.315 e. The fourth-order valence-corrected chi connectivity index (χ4v) is 3.03. The number of benzene rings is 1. The van der Waals surface area contributed by atoms with E-state index in [-0.39, 0.29) is 18.2 Å². The second kappa shape index (κ2) is 8.86. The van der Waals surface area contributed by atoms with Gasteiger partial charge in [0.15, 0.2) is 0 Å². The van der Waals surface area contributed by atoms with Crippen LogP contribution in [0.3, 0.4) is 0 Å². The third kappa shape index (κ3) is 5.21. The van der Waals surface area contributed by atoms with Gasteiger partial charge >= 0.3 is 6.03 Å². The lowest BCUT2D eigenvalue weighted by atomic mass is 9.93. The third-order valence-corrected chi connectivity index (χ3v) is 4.46. The van der Waals surface area contributed by atoms with Gasteiger partial charge in [0.1, 0.15) is 12.2 Å². The molecular formula is C20H22N4O2. The number of urea groups is 1. The lowest BCUT2D eigenvalue weighted by Crippen LogP contribution is -2.44. The fraction of sp³-hybridized carbons (Fsp3) is 0.350. The molecule has 6 heteroatoms. The van der Waals surface area contributed by atoms with Crippen LogP contribution in [0.5, 0.6) is 5.88 Å². The first kappa shape index (κ1) is 17.7. The van der Waals surface area contributed by atoms with Crippen LogP contribution in [-0.2, 0) is 6.54 Å². The second-order valence-corrected chi connectivity index (χ2v) is 6.40. The van der Waals surface area contributed by atoms with E-state index in [1.165, 1.54) is 6.20 Å². The maximum atomic E-state index is 12.0. The Balaban J connectivity index is 1.37. The number of carbonyl (C=O) groups excluding carboxylic acids is 1. The van der Waals surface area contributed by atoms with Crippen LogP contribution in [0.15, 0.2) is 48.7 Å². The summed E-state index contributed by atoms with van der Waals surface area (Å²) >= 11 is 0. The number of carbonyl (C=O) groups is 1. The number of amides is 2. The van der Waals surface area contributed by atoms with Crippen LogP contribution in [0.2, 0.25) is 0 Å². The molecule has 0 spiro atoms. The van der Waals surface area contributed by atoms with E-state index >= 15 is 0 Å². The molecule has 0 bridgehead atoms. The van der Waals surface area contributed by atoms with E-state index in [0.717, 1.165) is 31.2 Å². The van der Waals surface area contributed by atoms with Crippen molar-refractivity contribution in [3.63, 3.8) is 0 Å². The summed E-state index contributed by atoms with van der Waals surface area (Å²) in [5, 5.41) is 14.7. The van der Waals surface area contributed by atoms with E-state index in [1.807, 2.05) is 36.4 Å². The van der Waals surface area contributed by atoms with Crippen molar-refractivity contribution in [2.75, 3.05) is 0 Å². The van der Waals surface area contributed by atoms with Gasteiger partial charge in [0.2, 0.25) is 5.88 Å². The molecule has 0 aliphatic heterocycles. The summed E-state index contributed by atoms with van der Waals surface area (Å²) in [4.78, 5) is 16.2. The minimum Gasteiger partial charge on any atom is -0.474 e. The number of rotatable bonds is 5. The van der Waals surface area contributed by atoms with E-state index in [1.54, 1.807) is 12.1 Å². The van der Waals surface area contributed by atoms with Crippen molar-refractivity contribution < 1.29 is 9.53 Å². The second-order valence-electron chi connectivity index (χ2n) is 6.40. The number of pyridine rings is 1. The van der Waals surface area contributed by atoms with E-state index in [9.17, 15) is 4.79 Å². The number of hydrogen-bond acceptors (Lipinski definition) is 4. The Labute approximate surface area is 153 Å². The summed E-state index contributed by atoms with van der Waals surface area (Å²) in [6.45, 7) is 0.523. The highest BCUT2D eigenvalue weighted by Crippen LogP contribution is 2.23. The van der Waals surface area contributed by atoms with Crippen LogP contribution in [0.4, 0.5) is 4.79 Å². The number of nitrogens with one attached hydrogen (secondary N) is 2. The van der Waals surface area contributed by atoms with Crippen molar-refractivity contribution in [1.29, 1.82) is 5.26 Å². The summed E-state index contributed by atoms with van der Waals surface area (Å²) in [6.07, 6.45) is 5.09. The van der Waals surface area contributed by atoms with E-state index in [4.69, 9.17) is 10.00 Å². The summed E-state index contributed by atoms with van der Waals surface area (Å²) in [5.74, 6) is 0.543. The molecule has 1 aromatic carbocycles. The van der Waals surface area contributed by atoms with Crippen molar-refractivity contribution in [3.05, 3.63) is 59.8 Å². The van der Waals surface area contributed by atoms with E-state index < -0.39 is 0 Å². The number of nitriles is 1. The molecule has 6 nitrogen and oxygen atoms in total. The van der Waals surface area contributed by atoms with Gasteiger partial charge in [-0.25, -0.2) is 9.78 Å². The Kier molecular flexibility index (Phi) is 6.05. The summed E-state index contributed by atoms with van der Waals surface area (Å²) in [7, 11) is 0. The fourth-order valence-electron chi connectivity index (χ4n) is 3.03. The lowest BCUT2D eigenvalue weighted by Gasteiger charge is -2.29. The van der Waals surface area contributed by atoms with Crippen LogP contribution in [0.1, 0.15) is 36.8 Å². The maximum absolute atomic E-state index is 12.0. The zero-order chi connectivity index (χ0) is 18.2. The quantitative estimate of drug-likeness (QED) is 0.867. The standard InChI is InChI=1S/C20H22N4O2/c21-12-16-6-11-19(22-14-16)26-18-9-7-17(8-10-18)24-20(25)23-13-15-4-2-1-3-5-15/h1-6,11,14,17-18H,7-10,13H2,(H2,23,24,25). The molecule has 1 aromatic heterocycles. The van der Waals surface area contributed by atoms with Crippen LogP contribution in [0.25, 0.3) is 0 Å². The molecule has 26 heavy (non-hydrogen) atoms. The average Bonchev–Trinajstić information content (AvgIpc) is 2.69. The molecule has 2 N–H and O–H groups in total. The van der Waals surface area contributed by atoms with Crippen LogP contribution < -0.4 is 15.4 Å². The molecule has 1 aliphatic rings. The minimum absolute atomic E-state index is 0.0980. The molecule has 0 radical (unpaired) electrons. The highest BCUT2D eigenvalue weighted by Gasteiger charge is 2.23. The van der Waals surface area contributed by atoms with Crippen LogP contribution >= 0.6 is 0 Å². The largest absolute Gasteiger partial charge is 0.474 e. The number of aromatic nitrogens is 1. The predicted molar refractivity (Wildman–Crippen MR) is 97.4 cm³/mol. The van der Waals surface area contributed by atoms with Gasteiger partial charge in [-0.15, -0.1) is 0 Å². The lowest BCUT2D eigenvalue weighted by molar-refractivity contribution is 0.135. The Morgan fingerprint density at radius 2 is 1.92 bits per heavy atom. The molecule has 0 saturated heterocycles. The molecule has 3 rings (SSSR count). The minimum atomic E-state index is -0.132. The normalized spacial score (nSPS) is 19.2. The van der Waals surface area contributed by atoms with Gasteiger partial charge in [-0.3, -0.25) is 0 Å². The molecule has 1 saturated carbocycles. The van der Waals surface area contributed by atoms with Crippen LogP contribution in [-0.4, -0.2) is 23.2 Å². The Bertz CT molecular complexity index is 748. The smallest absolute Gasteiger partial charge is 0.315 e. The van der Waals surface area contributed by atoms with Gasteiger partial charge in [0.25, 0.3) is 0 Å². The SMILES string of the molecule is N#Cc1ccc(OC2CCC(NC(=O)NCc3ccccc3)CC2)nc1. The van der Waals surface area contributed by atoms with Crippen molar-refractivity contribution >= 4 is 6.03 Å². The predicted octanol–water partition coefficient (Wildman–Crippen LogP) is 3.14. The molecule has 1 fully saturated rings. The first-order chi connectivity index (χ1) is 12.7. The Morgan fingerprint density at radius 3 is 2.58 bits per heavy atom. The van der Waals surface area contributed by atoms with Crippen molar-refractivity contribution in [2.45, 2.75) is 44.4 Å². The van der Waals surface area contributed by atoms with Gasteiger partial charge in [0.05, 0.1) is 5.56 Å². The van der Waals surface area contributed by atoms with Gasteiger partial charge < -0.3 is 15.4 Å². The molecule has 2 amide bonds. The molecule has 2 aromatic rings. The first-order valence-corrected chi connectivity index (χ1v) is 8.84.